The molecule has 0 nitrogen and oxygen atoms in total. The summed E-state index contributed by atoms with van der Waals surface area (Å²) in [5.74, 6) is 0.464. The number of hydrogen-bond donors (Lipinski definition) is 0. The van der Waals surface area contributed by atoms with Gasteiger partial charge in [-0.3, -0.25) is 0 Å². The molecule has 7 aromatic rings. The van der Waals surface area contributed by atoms with Gasteiger partial charge in [-0.15, -0.1) is 0 Å². The molecule has 0 heteroatoms. The number of rotatable bonds is 4. The zero-order valence-electron chi connectivity index (χ0n) is 25.5. The molecule has 9 rings (SSSR count). The topological polar surface area (TPSA) is 0 Å². The van der Waals surface area contributed by atoms with Crippen LogP contribution in [0.15, 0.2) is 188 Å². The van der Waals surface area contributed by atoms with Crippen molar-refractivity contribution < 1.29 is 0 Å². The van der Waals surface area contributed by atoms with Crippen LogP contribution in [0.2, 0.25) is 0 Å². The van der Waals surface area contributed by atoms with Crippen molar-refractivity contribution in [3.8, 4) is 22.3 Å². The van der Waals surface area contributed by atoms with Crippen LogP contribution in [0.5, 0.6) is 0 Å². The fraction of sp³-hybridized carbons (Fsp3) is 0.0435. The highest BCUT2D eigenvalue weighted by Crippen LogP contribution is 2.50. The second kappa shape index (κ2) is 11.0. The van der Waals surface area contributed by atoms with Gasteiger partial charge in [-0.1, -0.05) is 164 Å². The van der Waals surface area contributed by atoms with E-state index in [-0.39, 0.29) is 11.8 Å². The van der Waals surface area contributed by atoms with Crippen molar-refractivity contribution in [1.82, 2.24) is 0 Å². The van der Waals surface area contributed by atoms with E-state index in [1.807, 2.05) is 0 Å². The first-order valence-electron chi connectivity index (χ1n) is 16.2. The van der Waals surface area contributed by atoms with Gasteiger partial charge in [-0.05, 0) is 95.4 Å². The zero-order chi connectivity index (χ0) is 30.5. The van der Waals surface area contributed by atoms with Crippen molar-refractivity contribution in [1.29, 1.82) is 0 Å². The van der Waals surface area contributed by atoms with E-state index in [1.54, 1.807) is 0 Å². The monoisotopic (exact) mass is 584 g/mol. The van der Waals surface area contributed by atoms with Gasteiger partial charge < -0.3 is 0 Å². The van der Waals surface area contributed by atoms with Gasteiger partial charge in [0.15, 0.2) is 0 Å². The smallest absolute Gasteiger partial charge is 0.0199 e. The van der Waals surface area contributed by atoms with Crippen LogP contribution in [-0.4, -0.2) is 0 Å². The largest absolute Gasteiger partial charge is 0.0760 e. The Balaban J connectivity index is 1.17. The van der Waals surface area contributed by atoms with Gasteiger partial charge in [0.1, 0.15) is 0 Å². The average Bonchev–Trinajstić information content (AvgIpc) is 3.13. The third-order valence-electron chi connectivity index (χ3n) is 9.84. The van der Waals surface area contributed by atoms with E-state index in [9.17, 15) is 0 Å². The molecule has 2 atom stereocenters. The molecule has 0 spiro atoms. The first kappa shape index (κ1) is 26.7. The van der Waals surface area contributed by atoms with Crippen molar-refractivity contribution >= 4 is 27.1 Å². The lowest BCUT2D eigenvalue weighted by atomic mass is 9.66. The molecule has 0 bridgehead atoms. The fourth-order valence-corrected chi connectivity index (χ4v) is 7.66. The van der Waals surface area contributed by atoms with E-state index in [1.165, 1.54) is 77.2 Å². The molecule has 0 amide bonds. The second-order valence-corrected chi connectivity index (χ2v) is 12.5. The van der Waals surface area contributed by atoms with Crippen LogP contribution in [0.25, 0.3) is 49.4 Å². The molecular weight excluding hydrogens is 553 g/mol. The predicted molar refractivity (Wildman–Crippen MR) is 195 cm³/mol. The molecule has 2 aliphatic rings. The standard InChI is InChI=1S/C46H32/c1-3-13-33-27-37(25-23-31(33)11-1)35-15-9-17-39(29-35)45-41-19-5-7-21-43(41)46(44-22-8-6-20-42(44)45)40-18-10-16-36(30-40)38-26-24-32-12-2-4-14-34(32)28-38/h1-30,41,45H. The van der Waals surface area contributed by atoms with Crippen LogP contribution in [0.3, 0.4) is 0 Å². The zero-order valence-corrected chi connectivity index (χ0v) is 25.5. The van der Waals surface area contributed by atoms with Gasteiger partial charge >= 0.3 is 0 Å². The van der Waals surface area contributed by atoms with Crippen molar-refractivity contribution in [3.05, 3.63) is 210 Å². The highest BCUT2D eigenvalue weighted by Gasteiger charge is 2.35. The molecule has 0 saturated heterocycles. The summed E-state index contributed by atoms with van der Waals surface area (Å²) in [7, 11) is 0. The summed E-state index contributed by atoms with van der Waals surface area (Å²) in [4.78, 5) is 0. The Morgan fingerprint density at radius 1 is 0.391 bits per heavy atom. The lowest BCUT2D eigenvalue weighted by Gasteiger charge is -2.37. The molecule has 0 saturated carbocycles. The SMILES string of the molecule is C1=CC2=C(c3cccc(-c4ccc5ccccc5c4)c3)c3ccccc3C(c3cccc(-c4ccc5ccccc5c4)c3)C2C=C1. The lowest BCUT2D eigenvalue weighted by molar-refractivity contribution is 0.649. The van der Waals surface area contributed by atoms with E-state index >= 15 is 0 Å². The van der Waals surface area contributed by atoms with Crippen molar-refractivity contribution in [2.45, 2.75) is 5.92 Å². The maximum Gasteiger partial charge on any atom is 0.0199 e. The molecular formula is C46H32. The van der Waals surface area contributed by atoms with Gasteiger partial charge in [-0.2, -0.15) is 0 Å². The van der Waals surface area contributed by atoms with E-state index in [2.05, 4.69) is 182 Å². The molecule has 0 aliphatic heterocycles. The Labute approximate surface area is 270 Å². The van der Waals surface area contributed by atoms with E-state index in [0.717, 1.165) is 0 Å². The maximum atomic E-state index is 2.42. The maximum absolute atomic E-state index is 2.42. The number of fused-ring (bicyclic) bond motifs is 4. The molecule has 46 heavy (non-hydrogen) atoms. The first-order chi connectivity index (χ1) is 22.8. The van der Waals surface area contributed by atoms with Crippen LogP contribution in [-0.2, 0) is 0 Å². The van der Waals surface area contributed by atoms with Crippen LogP contribution < -0.4 is 0 Å². The van der Waals surface area contributed by atoms with E-state index < -0.39 is 0 Å². The summed E-state index contributed by atoms with van der Waals surface area (Å²) < 4.78 is 0. The summed E-state index contributed by atoms with van der Waals surface area (Å²) in [6.45, 7) is 0. The molecule has 0 radical (unpaired) electrons. The second-order valence-electron chi connectivity index (χ2n) is 12.5. The molecule has 2 aliphatic carbocycles. The molecule has 0 fully saturated rings. The Hall–Kier alpha value is -5.72. The fourth-order valence-electron chi connectivity index (χ4n) is 7.66. The van der Waals surface area contributed by atoms with Crippen molar-refractivity contribution in [2.75, 3.05) is 0 Å². The van der Waals surface area contributed by atoms with Gasteiger partial charge in [0, 0.05) is 11.8 Å². The third kappa shape index (κ3) is 4.54. The van der Waals surface area contributed by atoms with Crippen LogP contribution in [0.1, 0.15) is 28.2 Å². The minimum atomic E-state index is 0.222. The predicted octanol–water partition coefficient (Wildman–Crippen LogP) is 12.0. The number of benzene rings is 7. The van der Waals surface area contributed by atoms with E-state index in [0.29, 0.717) is 0 Å². The van der Waals surface area contributed by atoms with Crippen molar-refractivity contribution in [2.24, 2.45) is 5.92 Å². The van der Waals surface area contributed by atoms with Gasteiger partial charge in [0.05, 0.1) is 0 Å². The molecule has 0 heterocycles. The van der Waals surface area contributed by atoms with Crippen molar-refractivity contribution in [3.63, 3.8) is 0 Å². The van der Waals surface area contributed by atoms with E-state index in [4.69, 9.17) is 0 Å². The summed E-state index contributed by atoms with van der Waals surface area (Å²) in [5.41, 5.74) is 13.1. The molecule has 216 valence electrons. The highest BCUT2D eigenvalue weighted by molar-refractivity contribution is 5.92. The summed E-state index contributed by atoms with van der Waals surface area (Å²) in [6, 6.07) is 58.2. The Morgan fingerprint density at radius 3 is 1.72 bits per heavy atom. The van der Waals surface area contributed by atoms with Crippen LogP contribution in [0, 0.1) is 5.92 Å². The number of allylic oxidation sites excluding steroid dienone is 5. The summed E-state index contributed by atoms with van der Waals surface area (Å²) >= 11 is 0. The lowest BCUT2D eigenvalue weighted by Crippen LogP contribution is -2.22. The summed E-state index contributed by atoms with van der Waals surface area (Å²) in [6.07, 6.45) is 9.19. The summed E-state index contributed by atoms with van der Waals surface area (Å²) in [5, 5.41) is 5.08. The minimum absolute atomic E-state index is 0.222. The Morgan fingerprint density at radius 2 is 0.978 bits per heavy atom. The molecule has 7 aromatic carbocycles. The van der Waals surface area contributed by atoms with Gasteiger partial charge in [0.25, 0.3) is 0 Å². The van der Waals surface area contributed by atoms with Gasteiger partial charge in [-0.25, -0.2) is 0 Å². The normalized spacial score (nSPS) is 16.9. The molecule has 0 N–H and O–H groups in total. The first-order valence-corrected chi connectivity index (χ1v) is 16.2. The Bertz CT molecular complexity index is 2380. The number of hydrogen-bond acceptors (Lipinski definition) is 0. The quantitative estimate of drug-likeness (QED) is 0.193. The van der Waals surface area contributed by atoms with Gasteiger partial charge in [0.2, 0.25) is 0 Å². The van der Waals surface area contributed by atoms with Crippen LogP contribution >= 0.6 is 0 Å². The molecule has 0 aromatic heterocycles. The van der Waals surface area contributed by atoms with Crippen LogP contribution in [0.4, 0.5) is 0 Å². The minimum Gasteiger partial charge on any atom is -0.0760 e. The average molecular weight is 585 g/mol. The highest BCUT2D eigenvalue weighted by atomic mass is 14.4. The Kier molecular flexibility index (Phi) is 6.39. The third-order valence-corrected chi connectivity index (χ3v) is 9.84. The molecule has 2 unspecified atom stereocenters.